The van der Waals surface area contributed by atoms with E-state index in [1.54, 1.807) is 43.2 Å². The summed E-state index contributed by atoms with van der Waals surface area (Å²) in [6, 6.07) is 9.93. The first kappa shape index (κ1) is 37.3. The minimum atomic E-state index is -0.135. The third kappa shape index (κ3) is 10.4. The summed E-state index contributed by atoms with van der Waals surface area (Å²) in [5.74, 6) is 10.6. The predicted octanol–water partition coefficient (Wildman–Crippen LogP) is 6.47. The van der Waals surface area contributed by atoms with E-state index in [1.165, 1.54) is 0 Å². The van der Waals surface area contributed by atoms with E-state index in [-0.39, 0.29) is 5.91 Å². The number of ether oxygens (including phenoxy) is 2. The molecule has 2 aliphatic rings. The molecule has 0 saturated carbocycles. The fourth-order valence-corrected chi connectivity index (χ4v) is 4.81. The first-order chi connectivity index (χ1) is 23.3. The number of carbonyl (C=O) groups excluding carboxylic acids is 1. The number of hydrazone groups is 1. The number of fused-ring (bicyclic) bond motifs is 1. The minimum Gasteiger partial charge on any atom is -0.495 e. The molecule has 0 aliphatic carbocycles. The number of thioether (sulfide) groups is 1. The fraction of sp³-hybridized carbons (Fsp3) is 0.351. The molecule has 0 bridgehead atoms. The van der Waals surface area contributed by atoms with Crippen LogP contribution < -0.4 is 19.7 Å². The summed E-state index contributed by atoms with van der Waals surface area (Å²) >= 11 is 1.75. The van der Waals surface area contributed by atoms with Gasteiger partial charge in [-0.05, 0) is 81.2 Å². The zero-order chi connectivity index (χ0) is 34.9. The van der Waals surface area contributed by atoms with Crippen LogP contribution in [0.4, 0.5) is 17.2 Å². The highest BCUT2D eigenvalue weighted by molar-refractivity contribution is 7.97. The van der Waals surface area contributed by atoms with Crippen molar-refractivity contribution >= 4 is 52.0 Å². The number of rotatable bonds is 7. The third-order valence-corrected chi connectivity index (χ3v) is 7.10. The SMILES string of the molecule is C#CCC.CC#CC(=O)N1CCN(c2cc3c(Nc4ccc(OC5=CCN(/N=C\C)C=C5)c(C)c4)ncnc3cc2OC)CC1.CSC. The molecule has 11 heteroatoms. The maximum atomic E-state index is 12.2. The van der Waals surface area contributed by atoms with Crippen molar-refractivity contribution in [2.75, 3.05) is 62.6 Å². The number of hydrogen-bond donors (Lipinski definition) is 1. The highest BCUT2D eigenvalue weighted by atomic mass is 32.2. The second-order valence-electron chi connectivity index (χ2n) is 10.5. The lowest BCUT2D eigenvalue weighted by Gasteiger charge is -2.36. The first-order valence-corrected chi connectivity index (χ1v) is 17.3. The second kappa shape index (κ2) is 19.5. The van der Waals surface area contributed by atoms with Crippen molar-refractivity contribution in [3.05, 3.63) is 66.3 Å². The molecule has 0 unspecified atom stereocenters. The zero-order valence-electron chi connectivity index (χ0n) is 28.9. The Morgan fingerprint density at radius 3 is 2.46 bits per heavy atom. The number of carbonyl (C=O) groups is 1. The Balaban J connectivity index is 0.000000818. The third-order valence-electron chi connectivity index (χ3n) is 7.10. The van der Waals surface area contributed by atoms with Gasteiger partial charge in [0.05, 0.1) is 24.9 Å². The average Bonchev–Trinajstić information content (AvgIpc) is 3.10. The van der Waals surface area contributed by atoms with Gasteiger partial charge in [-0.2, -0.15) is 16.9 Å². The maximum absolute atomic E-state index is 12.2. The molecule has 3 heterocycles. The lowest BCUT2D eigenvalue weighted by atomic mass is 10.1. The van der Waals surface area contributed by atoms with Gasteiger partial charge in [-0.15, -0.1) is 12.3 Å². The second-order valence-corrected chi connectivity index (χ2v) is 11.3. The van der Waals surface area contributed by atoms with Crippen molar-refractivity contribution in [3.63, 3.8) is 0 Å². The van der Waals surface area contributed by atoms with Gasteiger partial charge in [0.2, 0.25) is 0 Å². The molecule has 0 atom stereocenters. The van der Waals surface area contributed by atoms with Gasteiger partial charge >= 0.3 is 0 Å². The average molecular weight is 668 g/mol. The van der Waals surface area contributed by atoms with E-state index in [1.807, 2.05) is 80.9 Å². The van der Waals surface area contributed by atoms with Crippen molar-refractivity contribution in [2.24, 2.45) is 5.10 Å². The molecule has 1 saturated heterocycles. The van der Waals surface area contributed by atoms with Crippen molar-refractivity contribution in [1.82, 2.24) is 19.9 Å². The van der Waals surface area contributed by atoms with Gasteiger partial charge in [-0.1, -0.05) is 12.8 Å². The van der Waals surface area contributed by atoms with Crippen LogP contribution >= 0.6 is 11.8 Å². The van der Waals surface area contributed by atoms with Crippen LogP contribution in [0.2, 0.25) is 0 Å². The van der Waals surface area contributed by atoms with E-state index in [0.29, 0.717) is 38.5 Å². The Morgan fingerprint density at radius 2 is 1.88 bits per heavy atom. The number of piperazine rings is 1. The van der Waals surface area contributed by atoms with Gasteiger partial charge in [0, 0.05) is 62.2 Å². The van der Waals surface area contributed by atoms with E-state index in [2.05, 4.69) is 49.1 Å². The van der Waals surface area contributed by atoms with Gasteiger partial charge in [-0.25, -0.2) is 9.97 Å². The fourth-order valence-electron chi connectivity index (χ4n) is 4.81. The lowest BCUT2D eigenvalue weighted by molar-refractivity contribution is -0.125. The number of terminal acetylenes is 1. The number of allylic oxidation sites excluding steroid dienone is 1. The molecule has 48 heavy (non-hydrogen) atoms. The van der Waals surface area contributed by atoms with Gasteiger partial charge in [0.1, 0.15) is 29.4 Å². The number of hydrogen-bond acceptors (Lipinski definition) is 10. The Kier molecular flexibility index (Phi) is 15.2. The van der Waals surface area contributed by atoms with E-state index >= 15 is 0 Å². The highest BCUT2D eigenvalue weighted by Gasteiger charge is 2.23. The highest BCUT2D eigenvalue weighted by Crippen LogP contribution is 2.36. The van der Waals surface area contributed by atoms with Crippen LogP contribution in [0.25, 0.3) is 10.9 Å². The predicted molar refractivity (Wildman–Crippen MR) is 200 cm³/mol. The van der Waals surface area contributed by atoms with Crippen LogP contribution in [0.3, 0.4) is 0 Å². The number of methoxy groups -OCH3 is 1. The van der Waals surface area contributed by atoms with Crippen LogP contribution in [0.15, 0.2) is 65.9 Å². The van der Waals surface area contributed by atoms with Crippen LogP contribution in [0.5, 0.6) is 11.5 Å². The molecule has 1 N–H and O–H groups in total. The summed E-state index contributed by atoms with van der Waals surface area (Å²) in [5.41, 5.74) is 3.57. The molecule has 1 fully saturated rings. The molecule has 252 valence electrons. The molecule has 10 nitrogen and oxygen atoms in total. The standard InChI is InChI=1S/C31H33N7O3.C4H6.C2H6S/c1-5-7-30(39)37-16-14-36(15-17-37)27-19-25-26(20-29(27)40-4)32-21-33-31(25)35-23-8-9-28(22(3)18-23)41-24-10-12-38(13-11-24)34-6-2;1-3-4-2;1-3-2/h6,8-12,18-21H,13-17H2,1-4H3,(H,32,33,35);1H,4H2,2H3;1-2H3/b34-6-;;. The Morgan fingerprint density at radius 1 is 1.15 bits per heavy atom. The summed E-state index contributed by atoms with van der Waals surface area (Å²) in [6.45, 7) is 10.7. The summed E-state index contributed by atoms with van der Waals surface area (Å²) in [6.07, 6.45) is 18.8. The summed E-state index contributed by atoms with van der Waals surface area (Å²) in [5, 5.41) is 10.4. The van der Waals surface area contributed by atoms with Gasteiger partial charge in [0.25, 0.3) is 5.91 Å². The smallest absolute Gasteiger partial charge is 0.298 e. The van der Waals surface area contributed by atoms with Crippen LogP contribution in [0.1, 0.15) is 32.8 Å². The number of aryl methyl sites for hydroxylation is 1. The molecule has 0 spiro atoms. The molecule has 0 radical (unpaired) electrons. The van der Waals surface area contributed by atoms with Crippen molar-refractivity contribution in [1.29, 1.82) is 0 Å². The van der Waals surface area contributed by atoms with Crippen molar-refractivity contribution < 1.29 is 14.3 Å². The number of benzene rings is 2. The van der Waals surface area contributed by atoms with E-state index in [9.17, 15) is 4.79 Å². The number of nitrogens with zero attached hydrogens (tertiary/aromatic N) is 6. The van der Waals surface area contributed by atoms with Crippen molar-refractivity contribution in [2.45, 2.75) is 34.1 Å². The van der Waals surface area contributed by atoms with Crippen LogP contribution in [-0.4, -0.2) is 84.3 Å². The molecule has 2 aliphatic heterocycles. The van der Waals surface area contributed by atoms with Crippen LogP contribution in [0, 0.1) is 31.1 Å². The topological polar surface area (TPSA) is 95.4 Å². The lowest BCUT2D eigenvalue weighted by Crippen LogP contribution is -2.48. The number of anilines is 3. The Hall–Kier alpha value is -5.13. The number of amides is 1. The molecule has 5 rings (SSSR count). The summed E-state index contributed by atoms with van der Waals surface area (Å²) in [7, 11) is 1.66. The minimum absolute atomic E-state index is 0.135. The zero-order valence-corrected chi connectivity index (χ0v) is 29.7. The molecular formula is C37H45N7O3S. The van der Waals surface area contributed by atoms with E-state index in [0.717, 1.165) is 51.5 Å². The summed E-state index contributed by atoms with van der Waals surface area (Å²) in [4.78, 5) is 25.2. The molecular weight excluding hydrogens is 623 g/mol. The van der Waals surface area contributed by atoms with Crippen molar-refractivity contribution in [3.8, 4) is 35.7 Å². The van der Waals surface area contributed by atoms with Gasteiger partial charge in [0.15, 0.2) is 0 Å². The number of aromatic nitrogens is 2. The summed E-state index contributed by atoms with van der Waals surface area (Å²) < 4.78 is 11.9. The van der Waals surface area contributed by atoms with Gasteiger partial charge < -0.3 is 24.6 Å². The van der Waals surface area contributed by atoms with Gasteiger partial charge in [-0.3, -0.25) is 9.80 Å². The monoisotopic (exact) mass is 667 g/mol. The largest absolute Gasteiger partial charge is 0.495 e. The van der Waals surface area contributed by atoms with E-state index < -0.39 is 0 Å². The Labute approximate surface area is 289 Å². The quantitative estimate of drug-likeness (QED) is 0.225. The molecule has 1 amide bonds. The molecule has 3 aromatic rings. The number of nitrogens with one attached hydrogen (secondary N) is 1. The van der Waals surface area contributed by atoms with E-state index in [4.69, 9.17) is 15.9 Å². The maximum Gasteiger partial charge on any atom is 0.298 e. The molecule has 2 aromatic carbocycles. The Bertz CT molecular complexity index is 1730. The van der Waals surface area contributed by atoms with Crippen LogP contribution in [-0.2, 0) is 4.79 Å². The molecule has 1 aromatic heterocycles. The first-order valence-electron chi connectivity index (χ1n) is 15.6. The normalized spacial score (nSPS) is 13.6.